The number of nitrogens with zero attached hydrogens (tertiary/aromatic N) is 1. The fourth-order valence-corrected chi connectivity index (χ4v) is 4.07. The van der Waals surface area contributed by atoms with Crippen molar-refractivity contribution >= 4 is 21.8 Å². The number of nitrogens with one attached hydrogen (secondary N) is 2. The van der Waals surface area contributed by atoms with Crippen LogP contribution in [0.15, 0.2) is 29.2 Å². The van der Waals surface area contributed by atoms with Crippen molar-refractivity contribution in [2.45, 2.75) is 31.1 Å². The minimum absolute atomic E-state index is 0.156. The molecule has 0 saturated carbocycles. The highest BCUT2D eigenvalue weighted by Gasteiger charge is 2.25. The fourth-order valence-electron chi connectivity index (χ4n) is 2.55. The molecule has 0 aromatic heterocycles. The van der Waals surface area contributed by atoms with Gasteiger partial charge in [0.25, 0.3) is 5.91 Å². The Balaban J connectivity index is 1.96. The van der Waals surface area contributed by atoms with E-state index in [1.54, 1.807) is 0 Å². The lowest BCUT2D eigenvalue weighted by molar-refractivity contribution is -0.118. The molecule has 1 aliphatic rings. The maximum Gasteiger partial charge on any atom is 0.251 e. The lowest BCUT2D eigenvalue weighted by Gasteiger charge is -2.25. The zero-order valence-electron chi connectivity index (χ0n) is 13.7. The molecule has 2 amide bonds. The molecule has 0 spiro atoms. The maximum absolute atomic E-state index is 12.5. The van der Waals surface area contributed by atoms with Crippen LogP contribution in [0.2, 0.25) is 0 Å². The molecule has 1 saturated heterocycles. The van der Waals surface area contributed by atoms with Crippen LogP contribution in [-0.4, -0.2) is 50.7 Å². The third-order valence-electron chi connectivity index (χ3n) is 3.85. The molecular weight excluding hydrogens is 330 g/mol. The molecule has 2 rings (SSSR count). The Bertz CT molecular complexity index is 680. The van der Waals surface area contributed by atoms with Gasteiger partial charge in [0.1, 0.15) is 0 Å². The number of amides is 2. The summed E-state index contributed by atoms with van der Waals surface area (Å²) in [4.78, 5) is 22.9. The van der Waals surface area contributed by atoms with Crippen molar-refractivity contribution in [3.05, 3.63) is 29.8 Å². The van der Waals surface area contributed by atoms with Gasteiger partial charge in [-0.25, -0.2) is 8.42 Å². The van der Waals surface area contributed by atoms with E-state index in [2.05, 4.69) is 10.6 Å². The van der Waals surface area contributed by atoms with Crippen molar-refractivity contribution in [3.63, 3.8) is 0 Å². The lowest BCUT2D eigenvalue weighted by atomic mass is 10.2. The first-order valence-electron chi connectivity index (χ1n) is 8.04. The Hall–Kier alpha value is -1.93. The molecule has 7 nitrogen and oxygen atoms in total. The molecule has 2 N–H and O–H groups in total. The topological polar surface area (TPSA) is 95.6 Å². The molecule has 1 aromatic rings. The first kappa shape index (κ1) is 18.4. The summed E-state index contributed by atoms with van der Waals surface area (Å²) in [5, 5.41) is 5.24. The van der Waals surface area contributed by atoms with Gasteiger partial charge in [0.2, 0.25) is 15.9 Å². The second-order valence-electron chi connectivity index (χ2n) is 5.73. The highest BCUT2D eigenvalue weighted by molar-refractivity contribution is 7.89. The second kappa shape index (κ2) is 8.25. The normalized spacial score (nSPS) is 15.7. The third kappa shape index (κ3) is 4.78. The fraction of sp³-hybridized carbons (Fsp3) is 0.500. The Morgan fingerprint density at radius 2 is 1.58 bits per heavy atom. The highest BCUT2D eigenvalue weighted by Crippen LogP contribution is 2.20. The van der Waals surface area contributed by atoms with Gasteiger partial charge < -0.3 is 10.6 Å². The zero-order valence-corrected chi connectivity index (χ0v) is 14.6. The van der Waals surface area contributed by atoms with Crippen LogP contribution in [0.4, 0.5) is 0 Å². The van der Waals surface area contributed by atoms with Crippen molar-refractivity contribution in [2.75, 3.05) is 26.2 Å². The molecule has 1 heterocycles. The van der Waals surface area contributed by atoms with Crippen LogP contribution < -0.4 is 10.6 Å². The van der Waals surface area contributed by atoms with Crippen LogP contribution in [0.3, 0.4) is 0 Å². The number of piperidine rings is 1. The van der Waals surface area contributed by atoms with Crippen molar-refractivity contribution < 1.29 is 18.0 Å². The number of carbonyl (C=O) groups excluding carboxylic acids is 2. The average molecular weight is 353 g/mol. The molecule has 1 aliphatic heterocycles. The molecule has 1 aromatic carbocycles. The van der Waals surface area contributed by atoms with Crippen LogP contribution in [0.25, 0.3) is 0 Å². The van der Waals surface area contributed by atoms with E-state index in [1.807, 2.05) is 0 Å². The number of hydrogen-bond donors (Lipinski definition) is 2. The van der Waals surface area contributed by atoms with E-state index in [-0.39, 0.29) is 16.7 Å². The van der Waals surface area contributed by atoms with Crippen molar-refractivity contribution in [1.82, 2.24) is 14.9 Å². The predicted molar refractivity (Wildman–Crippen MR) is 90.1 cm³/mol. The van der Waals surface area contributed by atoms with E-state index in [0.717, 1.165) is 19.3 Å². The SMILES string of the molecule is CC(=O)NCCNC(=O)c1ccc(S(=O)(=O)N2CCCCC2)cc1. The van der Waals surface area contributed by atoms with E-state index in [0.29, 0.717) is 31.7 Å². The van der Waals surface area contributed by atoms with E-state index in [9.17, 15) is 18.0 Å². The van der Waals surface area contributed by atoms with Gasteiger partial charge in [-0.1, -0.05) is 6.42 Å². The van der Waals surface area contributed by atoms with Gasteiger partial charge in [0.15, 0.2) is 0 Å². The van der Waals surface area contributed by atoms with Gasteiger partial charge >= 0.3 is 0 Å². The molecule has 0 aliphatic carbocycles. The second-order valence-corrected chi connectivity index (χ2v) is 7.67. The van der Waals surface area contributed by atoms with Gasteiger partial charge in [-0.15, -0.1) is 0 Å². The summed E-state index contributed by atoms with van der Waals surface area (Å²) in [5.74, 6) is -0.459. The van der Waals surface area contributed by atoms with E-state index < -0.39 is 10.0 Å². The molecule has 24 heavy (non-hydrogen) atoms. The van der Waals surface area contributed by atoms with Crippen molar-refractivity contribution in [2.24, 2.45) is 0 Å². The lowest BCUT2D eigenvalue weighted by Crippen LogP contribution is -2.35. The number of rotatable bonds is 6. The Morgan fingerprint density at radius 3 is 2.17 bits per heavy atom. The number of carbonyl (C=O) groups is 2. The summed E-state index contributed by atoms with van der Waals surface area (Å²) >= 11 is 0. The van der Waals surface area contributed by atoms with E-state index >= 15 is 0 Å². The third-order valence-corrected chi connectivity index (χ3v) is 5.77. The van der Waals surface area contributed by atoms with Crippen LogP contribution >= 0.6 is 0 Å². The standard InChI is InChI=1S/C16H23N3O4S/c1-13(20)17-9-10-18-16(21)14-5-7-15(8-6-14)24(22,23)19-11-3-2-4-12-19/h5-8H,2-4,9-12H2,1H3,(H,17,20)(H,18,21). The quantitative estimate of drug-likeness (QED) is 0.737. The molecule has 0 bridgehead atoms. The summed E-state index contributed by atoms with van der Waals surface area (Å²) in [5.41, 5.74) is 0.385. The van der Waals surface area contributed by atoms with Crippen LogP contribution in [0.1, 0.15) is 36.5 Å². The minimum atomic E-state index is -3.48. The van der Waals surface area contributed by atoms with Gasteiger partial charge in [-0.05, 0) is 37.1 Å². The van der Waals surface area contributed by atoms with Crippen molar-refractivity contribution in [1.29, 1.82) is 0 Å². The molecule has 0 radical (unpaired) electrons. The minimum Gasteiger partial charge on any atom is -0.355 e. The average Bonchev–Trinajstić information content (AvgIpc) is 2.59. The van der Waals surface area contributed by atoms with Gasteiger partial charge in [0, 0.05) is 38.7 Å². The summed E-state index contributed by atoms with van der Waals surface area (Å²) in [6.45, 7) is 3.17. The summed E-state index contributed by atoms with van der Waals surface area (Å²) in [6.07, 6.45) is 2.83. The van der Waals surface area contributed by atoms with E-state index in [1.165, 1.54) is 35.5 Å². The van der Waals surface area contributed by atoms with Gasteiger partial charge in [-0.2, -0.15) is 4.31 Å². The van der Waals surface area contributed by atoms with Crippen molar-refractivity contribution in [3.8, 4) is 0 Å². The first-order valence-corrected chi connectivity index (χ1v) is 9.48. The number of benzene rings is 1. The maximum atomic E-state index is 12.5. The molecule has 0 atom stereocenters. The molecular formula is C16H23N3O4S. The Kier molecular flexibility index (Phi) is 6.33. The van der Waals surface area contributed by atoms with Crippen LogP contribution in [-0.2, 0) is 14.8 Å². The summed E-state index contributed by atoms with van der Waals surface area (Å²) in [6, 6.07) is 5.94. The monoisotopic (exact) mass is 353 g/mol. The zero-order chi connectivity index (χ0) is 17.6. The van der Waals surface area contributed by atoms with Crippen LogP contribution in [0, 0.1) is 0 Å². The summed E-state index contributed by atoms with van der Waals surface area (Å²) < 4.78 is 26.6. The van der Waals surface area contributed by atoms with Gasteiger partial charge in [0.05, 0.1) is 4.90 Å². The van der Waals surface area contributed by atoms with E-state index in [4.69, 9.17) is 0 Å². The highest BCUT2D eigenvalue weighted by atomic mass is 32.2. The molecule has 132 valence electrons. The van der Waals surface area contributed by atoms with Crippen LogP contribution in [0.5, 0.6) is 0 Å². The Morgan fingerprint density at radius 1 is 1.00 bits per heavy atom. The molecule has 8 heteroatoms. The number of sulfonamides is 1. The summed E-state index contributed by atoms with van der Waals surface area (Å²) in [7, 11) is -3.48. The predicted octanol–water partition coefficient (Wildman–Crippen LogP) is 0.727. The largest absolute Gasteiger partial charge is 0.355 e. The smallest absolute Gasteiger partial charge is 0.251 e. The van der Waals surface area contributed by atoms with Gasteiger partial charge in [-0.3, -0.25) is 9.59 Å². The Labute approximate surface area is 142 Å². The molecule has 0 unspecified atom stereocenters. The first-order chi connectivity index (χ1) is 11.4. The molecule has 1 fully saturated rings. The number of hydrogen-bond acceptors (Lipinski definition) is 4.